The van der Waals surface area contributed by atoms with E-state index in [-0.39, 0.29) is 17.8 Å². The number of rotatable bonds is 4. The second kappa shape index (κ2) is 6.15. The van der Waals surface area contributed by atoms with Crippen LogP contribution in [0, 0.1) is 11.7 Å². The molecule has 0 aromatic heterocycles. The van der Waals surface area contributed by atoms with E-state index in [9.17, 15) is 9.18 Å². The second-order valence-corrected chi connectivity index (χ2v) is 5.32. The zero-order valence-electron chi connectivity index (χ0n) is 11.2. The first kappa shape index (κ1) is 14.0. The Morgan fingerprint density at radius 2 is 2.26 bits per heavy atom. The van der Waals surface area contributed by atoms with E-state index < -0.39 is 5.97 Å². The zero-order valence-corrected chi connectivity index (χ0v) is 11.2. The van der Waals surface area contributed by atoms with E-state index in [1.165, 1.54) is 6.07 Å². The van der Waals surface area contributed by atoms with Gasteiger partial charge >= 0.3 is 5.97 Å². The Balaban J connectivity index is 1.98. The van der Waals surface area contributed by atoms with E-state index in [1.54, 1.807) is 12.1 Å². The van der Waals surface area contributed by atoms with Gasteiger partial charge in [-0.1, -0.05) is 18.2 Å². The van der Waals surface area contributed by atoms with Gasteiger partial charge in [-0.25, -0.2) is 4.39 Å². The van der Waals surface area contributed by atoms with Gasteiger partial charge in [0.15, 0.2) is 0 Å². The molecular formula is C15H20FNO2. The smallest absolute Gasteiger partial charge is 0.307 e. The quantitative estimate of drug-likeness (QED) is 0.909. The lowest BCUT2D eigenvalue weighted by Crippen LogP contribution is -2.44. The zero-order chi connectivity index (χ0) is 13.8. The number of hydrogen-bond donors (Lipinski definition) is 1. The fourth-order valence-corrected chi connectivity index (χ4v) is 2.72. The Morgan fingerprint density at radius 1 is 1.53 bits per heavy atom. The molecule has 1 fully saturated rings. The van der Waals surface area contributed by atoms with E-state index in [0.717, 1.165) is 19.4 Å². The van der Waals surface area contributed by atoms with Crippen molar-refractivity contribution in [1.29, 1.82) is 0 Å². The minimum absolute atomic E-state index is 0.166. The fourth-order valence-electron chi connectivity index (χ4n) is 2.72. The minimum atomic E-state index is -0.720. The third-order valence-electron chi connectivity index (χ3n) is 3.90. The predicted octanol–water partition coefficient (Wildman–Crippen LogP) is 2.55. The van der Waals surface area contributed by atoms with Gasteiger partial charge in [0.05, 0.1) is 5.92 Å². The summed E-state index contributed by atoms with van der Waals surface area (Å²) in [7, 11) is 0. The van der Waals surface area contributed by atoms with Gasteiger partial charge in [-0.2, -0.15) is 0 Å². The van der Waals surface area contributed by atoms with Crippen LogP contribution in [0.25, 0.3) is 0 Å². The average Bonchev–Trinajstić information content (AvgIpc) is 2.41. The summed E-state index contributed by atoms with van der Waals surface area (Å²) in [6.07, 6.45) is 2.27. The molecule has 1 aliphatic rings. The molecule has 2 atom stereocenters. The standard InChI is InChI=1S/C15H20FNO2/c1-11(9-12-5-2-3-7-14(12)16)17-8-4-6-13(10-17)15(18)19/h2-3,5,7,11,13H,4,6,8-10H2,1H3,(H,18,19). The first-order valence-electron chi connectivity index (χ1n) is 6.78. The Morgan fingerprint density at radius 3 is 2.95 bits per heavy atom. The molecule has 3 nitrogen and oxygen atoms in total. The van der Waals surface area contributed by atoms with E-state index in [0.29, 0.717) is 18.5 Å². The first-order chi connectivity index (χ1) is 9.08. The number of aliphatic carboxylic acids is 1. The highest BCUT2D eigenvalue weighted by atomic mass is 19.1. The van der Waals surface area contributed by atoms with Gasteiger partial charge in [-0.05, 0) is 44.4 Å². The number of benzene rings is 1. The largest absolute Gasteiger partial charge is 0.481 e. The summed E-state index contributed by atoms with van der Waals surface area (Å²) in [6, 6.07) is 6.95. The molecule has 0 amide bonds. The SMILES string of the molecule is CC(Cc1ccccc1F)N1CCCC(C(=O)O)C1. The molecule has 4 heteroatoms. The summed E-state index contributed by atoms with van der Waals surface area (Å²) in [6.45, 7) is 3.51. The molecular weight excluding hydrogens is 245 g/mol. The van der Waals surface area contributed by atoms with Crippen molar-refractivity contribution in [3.8, 4) is 0 Å². The van der Waals surface area contributed by atoms with Gasteiger partial charge in [0.1, 0.15) is 5.82 Å². The van der Waals surface area contributed by atoms with Crippen molar-refractivity contribution in [3.05, 3.63) is 35.6 Å². The average molecular weight is 265 g/mol. The molecule has 0 bridgehead atoms. The molecule has 2 unspecified atom stereocenters. The first-order valence-corrected chi connectivity index (χ1v) is 6.78. The maximum atomic E-state index is 13.6. The third-order valence-corrected chi connectivity index (χ3v) is 3.90. The number of likely N-dealkylation sites (tertiary alicyclic amines) is 1. The number of piperidine rings is 1. The van der Waals surface area contributed by atoms with E-state index in [4.69, 9.17) is 5.11 Å². The van der Waals surface area contributed by atoms with Gasteiger partial charge < -0.3 is 5.11 Å². The summed E-state index contributed by atoms with van der Waals surface area (Å²) >= 11 is 0. The number of carboxylic acid groups (broad SMARTS) is 1. The van der Waals surface area contributed by atoms with Crippen LogP contribution >= 0.6 is 0 Å². The van der Waals surface area contributed by atoms with Crippen molar-refractivity contribution in [2.45, 2.75) is 32.2 Å². The molecule has 1 saturated heterocycles. The van der Waals surface area contributed by atoms with Gasteiger partial charge in [0.25, 0.3) is 0 Å². The van der Waals surface area contributed by atoms with Crippen molar-refractivity contribution in [2.24, 2.45) is 5.92 Å². The molecule has 1 aromatic carbocycles. The van der Waals surface area contributed by atoms with Crippen molar-refractivity contribution in [2.75, 3.05) is 13.1 Å². The molecule has 0 spiro atoms. The maximum Gasteiger partial charge on any atom is 0.307 e. The summed E-state index contributed by atoms with van der Waals surface area (Å²) in [4.78, 5) is 13.2. The van der Waals surface area contributed by atoms with Crippen LogP contribution in [0.4, 0.5) is 4.39 Å². The summed E-state index contributed by atoms with van der Waals surface area (Å²) in [5, 5.41) is 9.08. The van der Waals surface area contributed by atoms with Gasteiger partial charge in [-0.15, -0.1) is 0 Å². The van der Waals surface area contributed by atoms with Crippen LogP contribution in [-0.4, -0.2) is 35.1 Å². The van der Waals surface area contributed by atoms with Crippen LogP contribution in [0.5, 0.6) is 0 Å². The van der Waals surface area contributed by atoms with Crippen LogP contribution < -0.4 is 0 Å². The lowest BCUT2D eigenvalue weighted by atomic mass is 9.95. The Labute approximate surface area is 113 Å². The Kier molecular flexibility index (Phi) is 4.53. The van der Waals surface area contributed by atoms with Crippen LogP contribution in [0.1, 0.15) is 25.3 Å². The summed E-state index contributed by atoms with van der Waals surface area (Å²) in [5.74, 6) is -1.18. The van der Waals surface area contributed by atoms with E-state index >= 15 is 0 Å². The van der Waals surface area contributed by atoms with Crippen molar-refractivity contribution in [1.82, 2.24) is 4.90 Å². The highest BCUT2D eigenvalue weighted by Crippen LogP contribution is 2.21. The maximum absolute atomic E-state index is 13.6. The van der Waals surface area contributed by atoms with E-state index in [1.807, 2.05) is 13.0 Å². The van der Waals surface area contributed by atoms with Crippen LogP contribution in [0.15, 0.2) is 24.3 Å². The monoisotopic (exact) mass is 265 g/mol. The molecule has 1 aliphatic heterocycles. The molecule has 1 N–H and O–H groups in total. The minimum Gasteiger partial charge on any atom is -0.481 e. The lowest BCUT2D eigenvalue weighted by molar-refractivity contribution is -0.143. The molecule has 1 heterocycles. The number of carboxylic acids is 1. The van der Waals surface area contributed by atoms with E-state index in [2.05, 4.69) is 4.90 Å². The van der Waals surface area contributed by atoms with Crippen LogP contribution in [-0.2, 0) is 11.2 Å². The van der Waals surface area contributed by atoms with Crippen molar-refractivity contribution < 1.29 is 14.3 Å². The van der Waals surface area contributed by atoms with Crippen LogP contribution in [0.3, 0.4) is 0 Å². The molecule has 19 heavy (non-hydrogen) atoms. The number of nitrogens with zero attached hydrogens (tertiary/aromatic N) is 1. The number of hydrogen-bond acceptors (Lipinski definition) is 2. The fraction of sp³-hybridized carbons (Fsp3) is 0.533. The summed E-state index contributed by atoms with van der Waals surface area (Å²) in [5.41, 5.74) is 0.701. The molecule has 1 aromatic rings. The number of halogens is 1. The van der Waals surface area contributed by atoms with Gasteiger partial charge in [0, 0.05) is 12.6 Å². The highest BCUT2D eigenvalue weighted by Gasteiger charge is 2.28. The molecule has 0 aliphatic carbocycles. The van der Waals surface area contributed by atoms with Crippen LogP contribution in [0.2, 0.25) is 0 Å². The molecule has 104 valence electrons. The number of carbonyl (C=O) groups is 1. The molecule has 2 rings (SSSR count). The third kappa shape index (κ3) is 3.53. The lowest BCUT2D eigenvalue weighted by Gasteiger charge is -2.35. The Bertz CT molecular complexity index is 450. The van der Waals surface area contributed by atoms with Crippen molar-refractivity contribution >= 4 is 5.97 Å². The molecule has 0 saturated carbocycles. The molecule has 0 radical (unpaired) electrons. The second-order valence-electron chi connectivity index (χ2n) is 5.32. The highest BCUT2D eigenvalue weighted by molar-refractivity contribution is 5.70. The Hall–Kier alpha value is -1.42. The topological polar surface area (TPSA) is 40.5 Å². The normalized spacial score (nSPS) is 22.1. The van der Waals surface area contributed by atoms with Gasteiger partial charge in [-0.3, -0.25) is 9.69 Å². The van der Waals surface area contributed by atoms with Gasteiger partial charge in [0.2, 0.25) is 0 Å². The summed E-state index contributed by atoms with van der Waals surface area (Å²) < 4.78 is 13.6. The predicted molar refractivity (Wildman–Crippen MR) is 71.5 cm³/mol. The van der Waals surface area contributed by atoms with Crippen molar-refractivity contribution in [3.63, 3.8) is 0 Å².